The maximum atomic E-state index is 12.1. The summed E-state index contributed by atoms with van der Waals surface area (Å²) < 4.78 is 12.1. The SMILES string of the molecule is CS/C=C\C(C)C.Cc1ccc(F)cc1. The zero-order valence-corrected chi connectivity index (χ0v) is 10.6. The van der Waals surface area contributed by atoms with E-state index in [0.29, 0.717) is 5.92 Å². The number of halogens is 1. The molecule has 0 atom stereocenters. The largest absolute Gasteiger partial charge is 0.207 e. The third kappa shape index (κ3) is 9.54. The van der Waals surface area contributed by atoms with Crippen molar-refractivity contribution in [2.45, 2.75) is 20.8 Å². The van der Waals surface area contributed by atoms with Crippen molar-refractivity contribution in [2.75, 3.05) is 6.26 Å². The molecule has 0 radical (unpaired) electrons. The standard InChI is InChI=1S/C7H7F.C6H12S/c1-6-2-4-7(8)5-3-6;1-6(2)4-5-7-3/h2-5H,1H3;4-6H,1-3H3/b;5-4-. The number of rotatable bonds is 2. The summed E-state index contributed by atoms with van der Waals surface area (Å²) in [6, 6.07) is 6.40. The second-order valence-electron chi connectivity index (χ2n) is 3.60. The van der Waals surface area contributed by atoms with Crippen LogP contribution in [0.3, 0.4) is 0 Å². The Hall–Kier alpha value is -0.760. The van der Waals surface area contributed by atoms with Gasteiger partial charge in [-0.25, -0.2) is 4.39 Å². The fourth-order valence-corrected chi connectivity index (χ4v) is 1.24. The number of thioether (sulfide) groups is 1. The van der Waals surface area contributed by atoms with E-state index in [0.717, 1.165) is 5.56 Å². The van der Waals surface area contributed by atoms with Crippen LogP contribution in [-0.2, 0) is 0 Å². The van der Waals surface area contributed by atoms with Crippen molar-refractivity contribution in [2.24, 2.45) is 5.92 Å². The highest BCUT2D eigenvalue weighted by molar-refractivity contribution is 8.01. The van der Waals surface area contributed by atoms with Gasteiger partial charge in [0, 0.05) is 0 Å². The van der Waals surface area contributed by atoms with E-state index in [2.05, 4.69) is 31.6 Å². The minimum Gasteiger partial charge on any atom is -0.207 e. The summed E-state index contributed by atoms with van der Waals surface area (Å²) in [5, 5.41) is 2.12. The molecule has 0 amide bonds. The monoisotopic (exact) mass is 226 g/mol. The number of allylic oxidation sites excluding steroid dienone is 1. The zero-order chi connectivity index (χ0) is 11.7. The van der Waals surface area contributed by atoms with Gasteiger partial charge >= 0.3 is 0 Å². The van der Waals surface area contributed by atoms with Crippen LogP contribution in [0.25, 0.3) is 0 Å². The molecule has 0 aliphatic rings. The summed E-state index contributed by atoms with van der Waals surface area (Å²) in [5.74, 6) is 0.531. The lowest BCUT2D eigenvalue weighted by Gasteiger charge is -1.88. The Kier molecular flexibility index (Phi) is 8.11. The quantitative estimate of drug-likeness (QED) is 0.707. The molecule has 15 heavy (non-hydrogen) atoms. The molecule has 0 heterocycles. The second kappa shape index (κ2) is 8.54. The molecule has 1 aromatic rings. The lowest BCUT2D eigenvalue weighted by Crippen LogP contribution is -1.73. The predicted molar refractivity (Wildman–Crippen MR) is 68.6 cm³/mol. The summed E-state index contributed by atoms with van der Waals surface area (Å²) in [4.78, 5) is 0. The van der Waals surface area contributed by atoms with Crippen LogP contribution in [0.15, 0.2) is 35.7 Å². The van der Waals surface area contributed by atoms with Crippen LogP contribution >= 0.6 is 11.8 Å². The van der Waals surface area contributed by atoms with Gasteiger partial charge in [0.2, 0.25) is 0 Å². The van der Waals surface area contributed by atoms with Gasteiger partial charge in [0.1, 0.15) is 5.82 Å². The third-order valence-corrected chi connectivity index (χ3v) is 2.04. The van der Waals surface area contributed by atoms with Crippen molar-refractivity contribution < 1.29 is 4.39 Å². The molecule has 0 saturated carbocycles. The van der Waals surface area contributed by atoms with Gasteiger partial charge < -0.3 is 0 Å². The number of benzene rings is 1. The number of hydrogen-bond acceptors (Lipinski definition) is 1. The van der Waals surface area contributed by atoms with Crippen LogP contribution in [0.2, 0.25) is 0 Å². The minimum atomic E-state index is -0.171. The van der Waals surface area contributed by atoms with Crippen LogP contribution in [0, 0.1) is 18.7 Å². The zero-order valence-electron chi connectivity index (χ0n) is 9.83. The molecule has 0 bridgehead atoms. The molecule has 0 spiro atoms. The van der Waals surface area contributed by atoms with Crippen LogP contribution in [0.1, 0.15) is 19.4 Å². The molecule has 1 rings (SSSR count). The summed E-state index contributed by atoms with van der Waals surface area (Å²) in [6.45, 7) is 6.28. The minimum absolute atomic E-state index is 0.171. The van der Waals surface area contributed by atoms with E-state index in [4.69, 9.17) is 0 Å². The highest BCUT2D eigenvalue weighted by Crippen LogP contribution is 1.99. The van der Waals surface area contributed by atoms with E-state index in [-0.39, 0.29) is 5.82 Å². The number of aryl methyl sites for hydroxylation is 1. The Morgan fingerprint density at radius 2 is 1.73 bits per heavy atom. The molecular weight excluding hydrogens is 207 g/mol. The van der Waals surface area contributed by atoms with E-state index in [1.165, 1.54) is 12.1 Å². The fraction of sp³-hybridized carbons (Fsp3) is 0.385. The molecule has 0 N–H and O–H groups in total. The van der Waals surface area contributed by atoms with E-state index in [9.17, 15) is 4.39 Å². The van der Waals surface area contributed by atoms with Crippen LogP contribution in [0.4, 0.5) is 4.39 Å². The Bertz CT molecular complexity index is 254. The van der Waals surface area contributed by atoms with Gasteiger partial charge in [0.05, 0.1) is 0 Å². The summed E-state index contributed by atoms with van der Waals surface area (Å²) in [6.07, 6.45) is 4.25. The van der Waals surface area contributed by atoms with Crippen molar-refractivity contribution >= 4 is 11.8 Å². The topological polar surface area (TPSA) is 0 Å². The fourth-order valence-electron chi connectivity index (χ4n) is 0.769. The molecule has 0 unspecified atom stereocenters. The molecule has 0 nitrogen and oxygen atoms in total. The molecule has 0 fully saturated rings. The third-order valence-electron chi connectivity index (χ3n) is 1.61. The van der Waals surface area contributed by atoms with E-state index < -0.39 is 0 Å². The van der Waals surface area contributed by atoms with Crippen molar-refractivity contribution in [3.8, 4) is 0 Å². The molecule has 2 heteroatoms. The average Bonchev–Trinajstić information content (AvgIpc) is 2.20. The van der Waals surface area contributed by atoms with E-state index >= 15 is 0 Å². The van der Waals surface area contributed by atoms with Gasteiger partial charge in [-0.05, 0) is 36.6 Å². The highest BCUT2D eigenvalue weighted by atomic mass is 32.2. The Morgan fingerprint density at radius 1 is 1.20 bits per heavy atom. The molecule has 0 aromatic heterocycles. The van der Waals surface area contributed by atoms with Gasteiger partial charge in [-0.3, -0.25) is 0 Å². The number of hydrogen-bond donors (Lipinski definition) is 0. The first-order valence-corrected chi connectivity index (χ1v) is 6.26. The summed E-state index contributed by atoms with van der Waals surface area (Å²) >= 11 is 1.75. The lowest BCUT2D eigenvalue weighted by atomic mass is 10.2. The first-order chi connectivity index (χ1) is 7.06. The Balaban J connectivity index is 0.000000265. The van der Waals surface area contributed by atoms with Crippen molar-refractivity contribution in [3.05, 3.63) is 47.1 Å². The molecular formula is C13H19FS. The van der Waals surface area contributed by atoms with Gasteiger partial charge in [0.15, 0.2) is 0 Å². The van der Waals surface area contributed by atoms with Crippen molar-refractivity contribution in [3.63, 3.8) is 0 Å². The van der Waals surface area contributed by atoms with Crippen molar-refractivity contribution in [1.29, 1.82) is 0 Å². The summed E-state index contributed by atoms with van der Waals surface area (Å²) in [7, 11) is 0. The predicted octanol–water partition coefficient (Wildman–Crippen LogP) is 4.65. The molecule has 0 aliphatic heterocycles. The maximum Gasteiger partial charge on any atom is 0.123 e. The van der Waals surface area contributed by atoms with Gasteiger partial charge in [-0.2, -0.15) is 0 Å². The van der Waals surface area contributed by atoms with Crippen molar-refractivity contribution in [1.82, 2.24) is 0 Å². The van der Waals surface area contributed by atoms with Crippen LogP contribution in [-0.4, -0.2) is 6.26 Å². The summed E-state index contributed by atoms with van der Waals surface area (Å²) in [5.41, 5.74) is 1.09. The molecule has 0 saturated heterocycles. The Labute approximate surface area is 96.6 Å². The van der Waals surface area contributed by atoms with Gasteiger partial charge in [0.25, 0.3) is 0 Å². The van der Waals surface area contributed by atoms with Gasteiger partial charge in [-0.15, -0.1) is 11.8 Å². The lowest BCUT2D eigenvalue weighted by molar-refractivity contribution is 0.627. The first-order valence-electron chi connectivity index (χ1n) is 4.98. The van der Waals surface area contributed by atoms with E-state index in [1.807, 2.05) is 6.92 Å². The molecule has 0 aliphatic carbocycles. The maximum absolute atomic E-state index is 12.1. The van der Waals surface area contributed by atoms with Crippen LogP contribution < -0.4 is 0 Å². The average molecular weight is 226 g/mol. The normalized spacial score (nSPS) is 10.3. The first kappa shape index (κ1) is 14.2. The highest BCUT2D eigenvalue weighted by Gasteiger charge is 1.83. The van der Waals surface area contributed by atoms with Crippen LogP contribution in [0.5, 0.6) is 0 Å². The molecule has 84 valence electrons. The second-order valence-corrected chi connectivity index (χ2v) is 4.35. The van der Waals surface area contributed by atoms with E-state index in [1.54, 1.807) is 23.9 Å². The smallest absolute Gasteiger partial charge is 0.123 e. The van der Waals surface area contributed by atoms with Gasteiger partial charge in [-0.1, -0.05) is 37.6 Å². The Morgan fingerprint density at radius 3 is 2.00 bits per heavy atom. The molecule has 1 aromatic carbocycles.